The van der Waals surface area contributed by atoms with Gasteiger partial charge in [0, 0.05) is 23.7 Å². The molecule has 3 aromatic rings. The molecule has 2 aromatic carbocycles. The van der Waals surface area contributed by atoms with Crippen molar-refractivity contribution in [2.75, 3.05) is 21.3 Å². The quantitative estimate of drug-likeness (QED) is 0.600. The van der Waals surface area contributed by atoms with E-state index in [0.717, 1.165) is 5.56 Å². The number of nitrogens with one attached hydrogen (secondary N) is 1. The molecule has 0 radical (unpaired) electrons. The summed E-state index contributed by atoms with van der Waals surface area (Å²) in [5.74, 6) is 1.72. The number of hydrogen-bond acceptors (Lipinski definition) is 7. The highest BCUT2D eigenvalue weighted by molar-refractivity contribution is 6.33. The van der Waals surface area contributed by atoms with E-state index in [1.54, 1.807) is 45.6 Å². The number of carbonyl (C=O) groups excluding carboxylic acids is 1. The van der Waals surface area contributed by atoms with Gasteiger partial charge in [-0.3, -0.25) is 4.79 Å². The van der Waals surface area contributed by atoms with Crippen LogP contribution in [0.3, 0.4) is 0 Å². The molecule has 9 nitrogen and oxygen atoms in total. The summed E-state index contributed by atoms with van der Waals surface area (Å²) in [4.78, 5) is 13.5. The first-order valence-corrected chi connectivity index (χ1v) is 9.01. The van der Waals surface area contributed by atoms with Crippen LogP contribution in [0.4, 0.5) is 0 Å². The van der Waals surface area contributed by atoms with Crippen LogP contribution in [0.2, 0.25) is 5.02 Å². The van der Waals surface area contributed by atoms with Crippen molar-refractivity contribution in [3.8, 4) is 28.6 Å². The lowest BCUT2D eigenvalue weighted by atomic mass is 10.1. The molecule has 152 valence electrons. The first-order chi connectivity index (χ1) is 14.0. The van der Waals surface area contributed by atoms with Crippen LogP contribution >= 0.6 is 11.6 Å². The third kappa shape index (κ3) is 4.75. The molecule has 0 atom stereocenters. The van der Waals surface area contributed by atoms with Crippen LogP contribution in [0.1, 0.15) is 5.56 Å². The maximum Gasteiger partial charge on any atom is 0.243 e. The molecule has 0 spiro atoms. The smallest absolute Gasteiger partial charge is 0.243 e. The van der Waals surface area contributed by atoms with Gasteiger partial charge in [0.25, 0.3) is 0 Å². The topological polar surface area (TPSA) is 100 Å². The molecule has 1 N–H and O–H groups in total. The molecule has 0 saturated heterocycles. The van der Waals surface area contributed by atoms with Gasteiger partial charge in [-0.25, -0.2) is 0 Å². The minimum absolute atomic E-state index is 0.0902. The number of rotatable bonds is 8. The van der Waals surface area contributed by atoms with Gasteiger partial charge in [-0.05, 0) is 23.4 Å². The molecule has 0 unspecified atom stereocenters. The predicted molar refractivity (Wildman–Crippen MR) is 106 cm³/mol. The normalized spacial score (nSPS) is 10.5. The first kappa shape index (κ1) is 20.4. The lowest BCUT2D eigenvalue weighted by Gasteiger charge is -2.14. The molecule has 0 fully saturated rings. The van der Waals surface area contributed by atoms with Gasteiger partial charge in [-0.2, -0.15) is 4.80 Å². The van der Waals surface area contributed by atoms with Crippen molar-refractivity contribution in [2.24, 2.45) is 0 Å². The van der Waals surface area contributed by atoms with Crippen LogP contribution < -0.4 is 19.5 Å². The summed E-state index contributed by atoms with van der Waals surface area (Å²) in [7, 11) is 4.63. The Hall–Kier alpha value is -3.33. The molecule has 10 heteroatoms. The number of benzene rings is 2. The number of methoxy groups -OCH3 is 3. The average molecular weight is 418 g/mol. The van der Waals surface area contributed by atoms with Crippen molar-refractivity contribution in [3.63, 3.8) is 0 Å². The fourth-order valence-corrected chi connectivity index (χ4v) is 2.89. The summed E-state index contributed by atoms with van der Waals surface area (Å²) in [6.07, 6.45) is 0. The number of amides is 1. The third-order valence-electron chi connectivity index (χ3n) is 4.12. The maximum absolute atomic E-state index is 12.3. The van der Waals surface area contributed by atoms with Gasteiger partial charge >= 0.3 is 0 Å². The van der Waals surface area contributed by atoms with E-state index < -0.39 is 0 Å². The van der Waals surface area contributed by atoms with Gasteiger partial charge in [-0.15, -0.1) is 10.2 Å². The first-order valence-electron chi connectivity index (χ1n) is 8.64. The number of tetrazole rings is 1. The number of aromatic nitrogens is 4. The second-order valence-electron chi connectivity index (χ2n) is 5.92. The molecular weight excluding hydrogens is 398 g/mol. The van der Waals surface area contributed by atoms with E-state index in [9.17, 15) is 4.79 Å². The van der Waals surface area contributed by atoms with E-state index in [0.29, 0.717) is 33.7 Å². The Kier molecular flexibility index (Phi) is 6.50. The van der Waals surface area contributed by atoms with E-state index in [2.05, 4.69) is 20.7 Å². The number of ether oxygens (including phenoxy) is 3. The monoisotopic (exact) mass is 417 g/mol. The molecular formula is C19H20ClN5O4. The van der Waals surface area contributed by atoms with E-state index in [1.165, 1.54) is 4.80 Å². The van der Waals surface area contributed by atoms with Crippen LogP contribution in [0.25, 0.3) is 11.4 Å². The van der Waals surface area contributed by atoms with E-state index >= 15 is 0 Å². The van der Waals surface area contributed by atoms with Gasteiger partial charge < -0.3 is 19.5 Å². The van der Waals surface area contributed by atoms with Gasteiger partial charge in [0.15, 0.2) is 11.5 Å². The van der Waals surface area contributed by atoms with Crippen molar-refractivity contribution in [3.05, 3.63) is 47.0 Å². The minimum Gasteiger partial charge on any atom is -0.496 e. The summed E-state index contributed by atoms with van der Waals surface area (Å²) in [5.41, 5.74) is 1.39. The standard InChI is InChI=1S/C19H20ClN5O4/c1-27-15-9-17(29-3)16(28-2)8-12(15)10-21-18(26)11-25-23-19(22-24-25)13-6-4-5-7-14(13)20/h4-9H,10-11H2,1-3H3,(H,21,26). The Morgan fingerprint density at radius 3 is 2.45 bits per heavy atom. The molecule has 0 bridgehead atoms. The fraction of sp³-hybridized carbons (Fsp3) is 0.263. The molecule has 1 amide bonds. The number of nitrogens with zero attached hydrogens (tertiary/aromatic N) is 4. The zero-order chi connectivity index (χ0) is 20.8. The lowest BCUT2D eigenvalue weighted by molar-refractivity contribution is -0.122. The van der Waals surface area contributed by atoms with Crippen molar-refractivity contribution in [1.29, 1.82) is 0 Å². The zero-order valence-corrected chi connectivity index (χ0v) is 16.9. The summed E-state index contributed by atoms with van der Waals surface area (Å²) in [5, 5.41) is 15.4. The van der Waals surface area contributed by atoms with Gasteiger partial charge in [0.2, 0.25) is 11.7 Å². The Morgan fingerprint density at radius 2 is 1.76 bits per heavy atom. The molecule has 1 heterocycles. The predicted octanol–water partition coefficient (Wildman–Crippen LogP) is 2.34. The Labute approximate surface area is 172 Å². The Balaban J connectivity index is 1.66. The van der Waals surface area contributed by atoms with E-state index in [-0.39, 0.29) is 19.0 Å². The van der Waals surface area contributed by atoms with Crippen LogP contribution in [0.5, 0.6) is 17.2 Å². The SMILES string of the molecule is COc1cc(OC)c(OC)cc1CNC(=O)Cn1nnc(-c2ccccc2Cl)n1. The van der Waals surface area contributed by atoms with Crippen LogP contribution in [-0.2, 0) is 17.9 Å². The molecule has 0 aliphatic rings. The maximum atomic E-state index is 12.3. The van der Waals surface area contributed by atoms with E-state index in [1.807, 2.05) is 12.1 Å². The summed E-state index contributed by atoms with van der Waals surface area (Å²) in [6.45, 7) is 0.140. The lowest BCUT2D eigenvalue weighted by Crippen LogP contribution is -2.28. The number of halogens is 1. The van der Waals surface area contributed by atoms with Crippen molar-refractivity contribution >= 4 is 17.5 Å². The molecule has 29 heavy (non-hydrogen) atoms. The van der Waals surface area contributed by atoms with Crippen molar-refractivity contribution in [2.45, 2.75) is 13.1 Å². The Bertz CT molecular complexity index is 1010. The number of hydrogen-bond donors (Lipinski definition) is 1. The molecule has 3 rings (SSSR count). The summed E-state index contributed by atoms with van der Waals surface area (Å²) < 4.78 is 15.9. The molecule has 0 saturated carbocycles. The second-order valence-corrected chi connectivity index (χ2v) is 6.33. The zero-order valence-electron chi connectivity index (χ0n) is 16.2. The number of carbonyl (C=O) groups is 1. The van der Waals surface area contributed by atoms with Crippen molar-refractivity contribution < 1.29 is 19.0 Å². The van der Waals surface area contributed by atoms with Crippen molar-refractivity contribution in [1.82, 2.24) is 25.5 Å². The summed E-state index contributed by atoms with van der Waals surface area (Å²) in [6, 6.07) is 10.6. The third-order valence-corrected chi connectivity index (χ3v) is 4.44. The molecule has 1 aromatic heterocycles. The highest BCUT2D eigenvalue weighted by atomic mass is 35.5. The van der Waals surface area contributed by atoms with Gasteiger partial charge in [0.1, 0.15) is 12.3 Å². The highest BCUT2D eigenvalue weighted by Gasteiger charge is 2.14. The Morgan fingerprint density at radius 1 is 1.07 bits per heavy atom. The minimum atomic E-state index is -0.287. The van der Waals surface area contributed by atoms with Gasteiger partial charge in [0.05, 0.1) is 26.4 Å². The summed E-state index contributed by atoms with van der Waals surface area (Å²) >= 11 is 6.14. The van der Waals surface area contributed by atoms with Crippen LogP contribution in [0, 0.1) is 0 Å². The second kappa shape index (κ2) is 9.24. The van der Waals surface area contributed by atoms with Crippen LogP contribution in [0.15, 0.2) is 36.4 Å². The van der Waals surface area contributed by atoms with Crippen LogP contribution in [-0.4, -0.2) is 47.4 Å². The highest BCUT2D eigenvalue weighted by Crippen LogP contribution is 2.34. The average Bonchev–Trinajstić information content (AvgIpc) is 3.19. The fourth-order valence-electron chi connectivity index (χ4n) is 2.67. The largest absolute Gasteiger partial charge is 0.496 e. The molecule has 0 aliphatic carbocycles. The molecule has 0 aliphatic heterocycles. The van der Waals surface area contributed by atoms with E-state index in [4.69, 9.17) is 25.8 Å². The van der Waals surface area contributed by atoms with Gasteiger partial charge in [-0.1, -0.05) is 23.7 Å².